The first-order valence-electron chi connectivity index (χ1n) is 10.0. The molecule has 6 heteroatoms. The van der Waals surface area contributed by atoms with Crippen LogP contribution in [-0.2, 0) is 4.79 Å². The number of aromatic nitrogens is 3. The number of carbonyl (C=O) groups is 1. The van der Waals surface area contributed by atoms with Gasteiger partial charge in [-0.15, -0.1) is 5.10 Å². The minimum Gasteiger partial charge on any atom is -0.327 e. The number of aryl methyl sites for hydroxylation is 2. The third-order valence-corrected chi connectivity index (χ3v) is 5.92. The Labute approximate surface area is 165 Å². The monoisotopic (exact) mass is 378 g/mol. The van der Waals surface area contributed by atoms with Gasteiger partial charge in [0.1, 0.15) is 5.52 Å². The van der Waals surface area contributed by atoms with Crippen LogP contribution in [0.4, 0.5) is 5.69 Å². The maximum Gasteiger partial charge on any atom is 0.279 e. The van der Waals surface area contributed by atoms with Crippen LogP contribution in [0, 0.1) is 20.8 Å². The molecule has 28 heavy (non-hydrogen) atoms. The summed E-state index contributed by atoms with van der Waals surface area (Å²) in [5, 5.41) is 11.8. The molecule has 0 spiro atoms. The van der Waals surface area contributed by atoms with Gasteiger partial charge in [-0.25, -0.2) is 4.68 Å². The number of carbonyl (C=O) groups excluding carboxylic acids is 1. The van der Waals surface area contributed by atoms with Crippen LogP contribution in [0.15, 0.2) is 36.4 Å². The van der Waals surface area contributed by atoms with Crippen molar-refractivity contribution < 1.29 is 9.69 Å². The number of benzene rings is 2. The number of rotatable bonds is 4. The topological polar surface area (TPSA) is 64.2 Å². The third kappa shape index (κ3) is 3.78. The summed E-state index contributed by atoms with van der Waals surface area (Å²) in [5.74, 6) is 0.0869. The maximum atomic E-state index is 12.5. The molecule has 1 aliphatic heterocycles. The third-order valence-electron chi connectivity index (χ3n) is 5.92. The Kier molecular flexibility index (Phi) is 5.13. The summed E-state index contributed by atoms with van der Waals surface area (Å²) in [6.45, 7) is 8.64. The molecule has 2 aromatic carbocycles. The highest BCUT2D eigenvalue weighted by Crippen LogP contribution is 2.22. The van der Waals surface area contributed by atoms with Crippen molar-refractivity contribution in [2.24, 2.45) is 0 Å². The number of hydrogen-bond acceptors (Lipinski definition) is 3. The first-order valence-corrected chi connectivity index (χ1v) is 10.0. The summed E-state index contributed by atoms with van der Waals surface area (Å²) < 4.78 is 2.07. The van der Waals surface area contributed by atoms with Gasteiger partial charge in [-0.1, -0.05) is 23.4 Å². The van der Waals surface area contributed by atoms with Gasteiger partial charge in [-0.2, -0.15) is 0 Å². The van der Waals surface area contributed by atoms with Gasteiger partial charge in [0.2, 0.25) is 0 Å². The lowest BCUT2D eigenvalue weighted by atomic mass is 10.0. The standard InChI is InChI=1S/C22H27N5O/c1-15-7-8-21-20(13-15)24-25-27(21)18-9-11-26(12-10-18)14-22(28)23-19-6-4-5-16(2)17(19)3/h4-8,13,18H,9-12,14H2,1-3H3,(H,23,28)/p+1. The van der Waals surface area contributed by atoms with Gasteiger partial charge < -0.3 is 10.2 Å². The van der Waals surface area contributed by atoms with E-state index in [1.54, 1.807) is 0 Å². The summed E-state index contributed by atoms with van der Waals surface area (Å²) in [6, 6.07) is 12.7. The molecule has 1 aromatic heterocycles. The molecule has 0 saturated carbocycles. The van der Waals surface area contributed by atoms with Gasteiger partial charge >= 0.3 is 0 Å². The Morgan fingerprint density at radius 3 is 2.75 bits per heavy atom. The first kappa shape index (κ1) is 18.6. The van der Waals surface area contributed by atoms with E-state index in [9.17, 15) is 4.79 Å². The van der Waals surface area contributed by atoms with Crippen molar-refractivity contribution in [1.29, 1.82) is 0 Å². The van der Waals surface area contributed by atoms with Crippen LogP contribution in [-0.4, -0.2) is 40.5 Å². The fourth-order valence-electron chi connectivity index (χ4n) is 4.06. The van der Waals surface area contributed by atoms with Crippen molar-refractivity contribution in [1.82, 2.24) is 15.0 Å². The molecule has 1 amide bonds. The second-order valence-electron chi connectivity index (χ2n) is 7.98. The number of nitrogens with zero attached hydrogens (tertiary/aromatic N) is 3. The minimum absolute atomic E-state index is 0.0869. The Balaban J connectivity index is 1.35. The van der Waals surface area contributed by atoms with Gasteiger partial charge in [-0.05, 0) is 55.7 Å². The van der Waals surface area contributed by atoms with Gasteiger partial charge in [0.25, 0.3) is 5.91 Å². The highest BCUT2D eigenvalue weighted by atomic mass is 16.2. The Hall–Kier alpha value is -2.73. The Bertz CT molecular complexity index is 1000. The number of likely N-dealkylation sites (tertiary alicyclic amines) is 1. The minimum atomic E-state index is 0.0869. The van der Waals surface area contributed by atoms with Crippen molar-refractivity contribution in [2.45, 2.75) is 39.7 Å². The molecule has 146 valence electrons. The van der Waals surface area contributed by atoms with Crippen molar-refractivity contribution >= 4 is 22.6 Å². The molecule has 0 aliphatic carbocycles. The lowest BCUT2D eigenvalue weighted by molar-refractivity contribution is -0.897. The molecule has 3 aromatic rings. The number of hydrogen-bond donors (Lipinski definition) is 2. The predicted molar refractivity (Wildman–Crippen MR) is 111 cm³/mol. The number of quaternary nitrogens is 1. The van der Waals surface area contributed by atoms with E-state index in [4.69, 9.17) is 0 Å². The van der Waals surface area contributed by atoms with Crippen molar-refractivity contribution in [3.8, 4) is 0 Å². The molecule has 1 aliphatic rings. The molecule has 2 heterocycles. The molecule has 4 rings (SSSR count). The summed E-state index contributed by atoms with van der Waals surface area (Å²) >= 11 is 0. The molecule has 1 saturated heterocycles. The first-order chi connectivity index (χ1) is 13.5. The van der Waals surface area contributed by atoms with Gasteiger partial charge in [0.15, 0.2) is 6.54 Å². The number of fused-ring (bicyclic) bond motifs is 1. The van der Waals surface area contributed by atoms with Crippen LogP contribution in [0.5, 0.6) is 0 Å². The van der Waals surface area contributed by atoms with Crippen LogP contribution in [0.2, 0.25) is 0 Å². The predicted octanol–water partition coefficient (Wildman–Crippen LogP) is 2.22. The van der Waals surface area contributed by atoms with Gasteiger partial charge in [0.05, 0.1) is 24.6 Å². The van der Waals surface area contributed by atoms with Crippen LogP contribution < -0.4 is 10.2 Å². The van der Waals surface area contributed by atoms with E-state index in [-0.39, 0.29) is 5.91 Å². The highest BCUT2D eigenvalue weighted by molar-refractivity contribution is 5.92. The zero-order valence-electron chi connectivity index (χ0n) is 16.8. The van der Waals surface area contributed by atoms with E-state index in [1.807, 2.05) is 19.1 Å². The number of anilines is 1. The second kappa shape index (κ2) is 7.72. The molecule has 0 radical (unpaired) electrons. The van der Waals surface area contributed by atoms with Crippen molar-refractivity contribution in [3.05, 3.63) is 53.1 Å². The normalized spacial score (nSPS) is 19.7. The van der Waals surface area contributed by atoms with Crippen molar-refractivity contribution in [2.75, 3.05) is 25.0 Å². The van der Waals surface area contributed by atoms with Crippen LogP contribution in [0.25, 0.3) is 11.0 Å². The fourth-order valence-corrected chi connectivity index (χ4v) is 4.06. The van der Waals surface area contributed by atoms with Crippen LogP contribution in [0.3, 0.4) is 0 Å². The zero-order valence-corrected chi connectivity index (χ0v) is 16.8. The summed E-state index contributed by atoms with van der Waals surface area (Å²) in [4.78, 5) is 13.8. The zero-order chi connectivity index (χ0) is 19.7. The molecule has 2 N–H and O–H groups in total. The summed E-state index contributed by atoms with van der Waals surface area (Å²) in [6.07, 6.45) is 2.02. The summed E-state index contributed by atoms with van der Waals surface area (Å²) in [5.41, 5.74) is 6.52. The number of amides is 1. The van der Waals surface area contributed by atoms with E-state index in [2.05, 4.69) is 58.4 Å². The fraction of sp³-hybridized carbons (Fsp3) is 0.409. The van der Waals surface area contributed by atoms with E-state index >= 15 is 0 Å². The van der Waals surface area contributed by atoms with Crippen LogP contribution >= 0.6 is 0 Å². The van der Waals surface area contributed by atoms with E-state index < -0.39 is 0 Å². The van der Waals surface area contributed by atoms with Crippen LogP contribution in [0.1, 0.15) is 35.6 Å². The second-order valence-corrected chi connectivity index (χ2v) is 7.98. The highest BCUT2D eigenvalue weighted by Gasteiger charge is 2.26. The molecule has 0 unspecified atom stereocenters. The Morgan fingerprint density at radius 1 is 1.18 bits per heavy atom. The van der Waals surface area contributed by atoms with Gasteiger partial charge in [0, 0.05) is 18.5 Å². The molecular weight excluding hydrogens is 350 g/mol. The average molecular weight is 379 g/mol. The van der Waals surface area contributed by atoms with E-state index in [0.29, 0.717) is 12.6 Å². The smallest absolute Gasteiger partial charge is 0.279 e. The SMILES string of the molecule is Cc1ccc2c(c1)nnn2C1CC[NH+](CC(=O)Nc2cccc(C)c2C)CC1. The lowest BCUT2D eigenvalue weighted by Crippen LogP contribution is -3.14. The lowest BCUT2D eigenvalue weighted by Gasteiger charge is -2.29. The van der Waals surface area contributed by atoms with Crippen molar-refractivity contribution in [3.63, 3.8) is 0 Å². The quantitative estimate of drug-likeness (QED) is 0.732. The number of nitrogens with one attached hydrogen (secondary N) is 2. The Morgan fingerprint density at radius 2 is 1.96 bits per heavy atom. The molecule has 0 atom stereocenters. The molecule has 1 fully saturated rings. The maximum absolute atomic E-state index is 12.5. The molecular formula is C22H28N5O+. The molecule has 6 nitrogen and oxygen atoms in total. The number of piperidine rings is 1. The summed E-state index contributed by atoms with van der Waals surface area (Å²) in [7, 11) is 0. The van der Waals surface area contributed by atoms with E-state index in [1.165, 1.54) is 16.0 Å². The largest absolute Gasteiger partial charge is 0.327 e. The molecule has 0 bridgehead atoms. The van der Waals surface area contributed by atoms with Gasteiger partial charge in [-0.3, -0.25) is 4.79 Å². The van der Waals surface area contributed by atoms with E-state index in [0.717, 1.165) is 48.2 Å². The average Bonchev–Trinajstić information content (AvgIpc) is 3.09.